The van der Waals surface area contributed by atoms with E-state index in [-0.39, 0.29) is 5.91 Å². The highest BCUT2D eigenvalue weighted by atomic mass is 16.1. The number of nitrogen functional groups attached to an aromatic ring is 1. The van der Waals surface area contributed by atoms with Crippen molar-refractivity contribution in [1.82, 2.24) is 4.98 Å². The van der Waals surface area contributed by atoms with Crippen LogP contribution in [0.4, 0.5) is 11.5 Å². The molecule has 0 atom stereocenters. The number of rotatable bonds is 3. The van der Waals surface area contributed by atoms with Gasteiger partial charge in [0.2, 0.25) is 5.91 Å². The molecule has 3 N–H and O–H groups in total. The summed E-state index contributed by atoms with van der Waals surface area (Å²) in [6, 6.07) is 9.48. The van der Waals surface area contributed by atoms with Crippen LogP contribution in [0, 0.1) is 13.8 Å². The Morgan fingerprint density at radius 1 is 1.26 bits per heavy atom. The molecule has 1 aromatic heterocycles. The maximum atomic E-state index is 11.9. The van der Waals surface area contributed by atoms with Crippen molar-refractivity contribution in [3.8, 4) is 0 Å². The van der Waals surface area contributed by atoms with Crippen LogP contribution in [0.15, 0.2) is 36.5 Å². The van der Waals surface area contributed by atoms with Crippen LogP contribution >= 0.6 is 0 Å². The van der Waals surface area contributed by atoms with Gasteiger partial charge in [-0.2, -0.15) is 0 Å². The second-order valence-electron chi connectivity index (χ2n) is 4.63. The summed E-state index contributed by atoms with van der Waals surface area (Å²) in [5, 5.41) is 2.80. The molecular formula is C15H17N3O. The Labute approximate surface area is 112 Å². The highest BCUT2D eigenvalue weighted by Gasteiger charge is 2.06. The summed E-state index contributed by atoms with van der Waals surface area (Å²) >= 11 is 0. The zero-order valence-corrected chi connectivity index (χ0v) is 11.1. The third kappa shape index (κ3) is 3.55. The fourth-order valence-electron chi connectivity index (χ4n) is 1.90. The van der Waals surface area contributed by atoms with Crippen molar-refractivity contribution in [2.45, 2.75) is 20.3 Å². The molecule has 19 heavy (non-hydrogen) atoms. The lowest BCUT2D eigenvalue weighted by atomic mass is 10.0. The molecule has 0 bridgehead atoms. The van der Waals surface area contributed by atoms with Gasteiger partial charge >= 0.3 is 0 Å². The Bertz CT molecular complexity index is 591. The third-order valence-corrected chi connectivity index (χ3v) is 2.92. The van der Waals surface area contributed by atoms with Crippen molar-refractivity contribution in [2.24, 2.45) is 0 Å². The SMILES string of the molecule is Cc1ccc(CC(=O)Nc2ccc(N)nc2)c(C)c1. The molecule has 0 radical (unpaired) electrons. The van der Waals surface area contributed by atoms with E-state index in [0.717, 1.165) is 11.1 Å². The quantitative estimate of drug-likeness (QED) is 0.885. The van der Waals surface area contributed by atoms with E-state index >= 15 is 0 Å². The number of hydrogen-bond acceptors (Lipinski definition) is 3. The van der Waals surface area contributed by atoms with Crippen molar-refractivity contribution < 1.29 is 4.79 Å². The van der Waals surface area contributed by atoms with Gasteiger partial charge in [0, 0.05) is 0 Å². The van der Waals surface area contributed by atoms with Crippen molar-refractivity contribution in [2.75, 3.05) is 11.1 Å². The Morgan fingerprint density at radius 3 is 2.68 bits per heavy atom. The second kappa shape index (κ2) is 5.52. The molecule has 0 unspecified atom stereocenters. The monoisotopic (exact) mass is 255 g/mol. The zero-order valence-electron chi connectivity index (χ0n) is 11.1. The summed E-state index contributed by atoms with van der Waals surface area (Å²) in [5.41, 5.74) is 9.51. The molecule has 0 saturated carbocycles. The van der Waals surface area contributed by atoms with Crippen molar-refractivity contribution >= 4 is 17.4 Å². The molecule has 1 amide bonds. The van der Waals surface area contributed by atoms with E-state index in [0.29, 0.717) is 17.9 Å². The number of pyridine rings is 1. The van der Waals surface area contributed by atoms with Gasteiger partial charge in [-0.3, -0.25) is 4.79 Å². The predicted molar refractivity (Wildman–Crippen MR) is 76.9 cm³/mol. The number of benzene rings is 1. The smallest absolute Gasteiger partial charge is 0.228 e. The van der Waals surface area contributed by atoms with Crippen LogP contribution in [0.2, 0.25) is 0 Å². The summed E-state index contributed by atoms with van der Waals surface area (Å²) < 4.78 is 0. The van der Waals surface area contributed by atoms with E-state index in [1.807, 2.05) is 26.0 Å². The zero-order chi connectivity index (χ0) is 13.8. The first-order chi connectivity index (χ1) is 9.04. The van der Waals surface area contributed by atoms with Gasteiger partial charge in [0.1, 0.15) is 5.82 Å². The number of carbonyl (C=O) groups excluding carboxylic acids is 1. The molecule has 0 fully saturated rings. The molecule has 1 aromatic carbocycles. The van der Waals surface area contributed by atoms with Crippen LogP contribution in [0.3, 0.4) is 0 Å². The van der Waals surface area contributed by atoms with Gasteiger partial charge in [-0.25, -0.2) is 4.98 Å². The standard InChI is InChI=1S/C15H17N3O/c1-10-3-4-12(11(2)7-10)8-15(19)18-13-5-6-14(16)17-9-13/h3-7,9H,8H2,1-2H3,(H2,16,17)(H,18,19). The van der Waals surface area contributed by atoms with Crippen LogP contribution in [0.25, 0.3) is 0 Å². The number of anilines is 2. The molecule has 4 nitrogen and oxygen atoms in total. The fraction of sp³-hybridized carbons (Fsp3) is 0.200. The Morgan fingerprint density at radius 2 is 2.05 bits per heavy atom. The molecule has 0 spiro atoms. The second-order valence-corrected chi connectivity index (χ2v) is 4.63. The summed E-state index contributed by atoms with van der Waals surface area (Å²) in [5.74, 6) is 0.380. The maximum Gasteiger partial charge on any atom is 0.228 e. The van der Waals surface area contributed by atoms with Crippen molar-refractivity contribution in [3.05, 3.63) is 53.2 Å². The number of amides is 1. The molecule has 0 aliphatic carbocycles. The fourth-order valence-corrected chi connectivity index (χ4v) is 1.90. The minimum atomic E-state index is -0.0569. The maximum absolute atomic E-state index is 11.9. The van der Waals surface area contributed by atoms with Crippen LogP contribution < -0.4 is 11.1 Å². The third-order valence-electron chi connectivity index (χ3n) is 2.92. The van der Waals surface area contributed by atoms with Crippen LogP contribution in [0.5, 0.6) is 0 Å². The van der Waals surface area contributed by atoms with Gasteiger partial charge in [-0.15, -0.1) is 0 Å². The van der Waals surface area contributed by atoms with Gasteiger partial charge in [-0.05, 0) is 37.1 Å². The van der Waals surface area contributed by atoms with Crippen LogP contribution in [0.1, 0.15) is 16.7 Å². The van der Waals surface area contributed by atoms with Crippen LogP contribution in [-0.2, 0) is 11.2 Å². The highest BCUT2D eigenvalue weighted by Crippen LogP contribution is 2.13. The molecular weight excluding hydrogens is 238 g/mol. The molecule has 0 aliphatic rings. The Balaban J connectivity index is 2.03. The minimum Gasteiger partial charge on any atom is -0.384 e. The number of aryl methyl sites for hydroxylation is 2. The van der Waals surface area contributed by atoms with Gasteiger partial charge in [0.15, 0.2) is 0 Å². The highest BCUT2D eigenvalue weighted by molar-refractivity contribution is 5.92. The molecule has 1 heterocycles. The Hall–Kier alpha value is -2.36. The lowest BCUT2D eigenvalue weighted by Crippen LogP contribution is -2.15. The normalized spacial score (nSPS) is 10.2. The number of aromatic nitrogens is 1. The van der Waals surface area contributed by atoms with Gasteiger partial charge in [0.25, 0.3) is 0 Å². The molecule has 2 aromatic rings. The molecule has 0 aliphatic heterocycles. The Kier molecular flexibility index (Phi) is 3.80. The first kappa shape index (κ1) is 13.1. The topological polar surface area (TPSA) is 68.0 Å². The average molecular weight is 255 g/mol. The number of carbonyl (C=O) groups is 1. The number of nitrogens with two attached hydrogens (primary N) is 1. The van der Waals surface area contributed by atoms with Gasteiger partial charge in [-0.1, -0.05) is 23.8 Å². The molecule has 0 saturated heterocycles. The van der Waals surface area contributed by atoms with Gasteiger partial charge in [0.05, 0.1) is 18.3 Å². The average Bonchev–Trinajstić information content (AvgIpc) is 2.36. The van der Waals surface area contributed by atoms with Crippen molar-refractivity contribution in [3.63, 3.8) is 0 Å². The summed E-state index contributed by atoms with van der Waals surface area (Å²) in [6.07, 6.45) is 1.91. The van der Waals surface area contributed by atoms with Gasteiger partial charge < -0.3 is 11.1 Å². The van der Waals surface area contributed by atoms with E-state index in [9.17, 15) is 4.79 Å². The number of hydrogen-bond donors (Lipinski definition) is 2. The molecule has 4 heteroatoms. The molecule has 98 valence electrons. The minimum absolute atomic E-state index is 0.0569. The van der Waals surface area contributed by atoms with E-state index in [1.54, 1.807) is 18.3 Å². The van der Waals surface area contributed by atoms with E-state index in [2.05, 4.69) is 16.4 Å². The summed E-state index contributed by atoms with van der Waals surface area (Å²) in [6.45, 7) is 4.05. The van der Waals surface area contributed by atoms with E-state index in [1.165, 1.54) is 5.56 Å². The lowest BCUT2D eigenvalue weighted by molar-refractivity contribution is -0.115. The largest absolute Gasteiger partial charge is 0.384 e. The number of nitrogens with zero attached hydrogens (tertiary/aromatic N) is 1. The van der Waals surface area contributed by atoms with E-state index < -0.39 is 0 Å². The molecule has 2 rings (SSSR count). The first-order valence-electron chi connectivity index (χ1n) is 6.12. The first-order valence-corrected chi connectivity index (χ1v) is 6.12. The predicted octanol–water partition coefficient (Wildman–Crippen LogP) is 2.46. The van der Waals surface area contributed by atoms with Crippen molar-refractivity contribution in [1.29, 1.82) is 0 Å². The number of nitrogens with one attached hydrogen (secondary N) is 1. The van der Waals surface area contributed by atoms with E-state index in [4.69, 9.17) is 5.73 Å². The summed E-state index contributed by atoms with van der Waals surface area (Å²) in [4.78, 5) is 15.9. The van der Waals surface area contributed by atoms with Crippen LogP contribution in [-0.4, -0.2) is 10.9 Å². The lowest BCUT2D eigenvalue weighted by Gasteiger charge is -2.08. The summed E-state index contributed by atoms with van der Waals surface area (Å²) in [7, 11) is 0.